The van der Waals surface area contributed by atoms with Crippen molar-refractivity contribution in [3.8, 4) is 0 Å². The van der Waals surface area contributed by atoms with E-state index in [0.717, 1.165) is 4.90 Å². The van der Waals surface area contributed by atoms with Crippen molar-refractivity contribution in [3.05, 3.63) is 24.4 Å². The molecule has 0 aliphatic carbocycles. The van der Waals surface area contributed by atoms with E-state index in [4.69, 9.17) is 5.73 Å². The molecule has 0 radical (unpaired) electrons. The van der Waals surface area contributed by atoms with Gasteiger partial charge in [0.15, 0.2) is 0 Å². The van der Waals surface area contributed by atoms with Gasteiger partial charge in [-0.2, -0.15) is 0 Å². The monoisotopic (exact) mass is 208 g/mol. The molecule has 1 heterocycles. The van der Waals surface area contributed by atoms with Crippen LogP contribution in [0.15, 0.2) is 24.4 Å². The summed E-state index contributed by atoms with van der Waals surface area (Å²) in [5.74, 6) is 0.377. The van der Waals surface area contributed by atoms with Crippen LogP contribution in [0.2, 0.25) is 0 Å². The molecule has 0 aromatic carbocycles. The van der Waals surface area contributed by atoms with Crippen LogP contribution in [-0.2, 0) is 0 Å². The van der Waals surface area contributed by atoms with Crippen LogP contribution in [0.5, 0.6) is 0 Å². The topological polar surface area (TPSA) is 88.3 Å². The molecule has 0 fully saturated rings. The van der Waals surface area contributed by atoms with Crippen molar-refractivity contribution in [1.29, 1.82) is 0 Å². The third-order valence-corrected chi connectivity index (χ3v) is 1.73. The summed E-state index contributed by atoms with van der Waals surface area (Å²) in [6.07, 6.45) is 1.54. The molecule has 0 aliphatic rings. The number of carbonyl (C=O) groups is 2. The fourth-order valence-corrected chi connectivity index (χ4v) is 1.01. The predicted molar refractivity (Wildman–Crippen MR) is 55.2 cm³/mol. The molecule has 0 unspecified atom stereocenters. The molecule has 0 atom stereocenters. The molecule has 0 saturated heterocycles. The van der Waals surface area contributed by atoms with E-state index in [2.05, 4.69) is 10.3 Å². The number of pyridine rings is 1. The highest BCUT2D eigenvalue weighted by Gasteiger charge is 2.16. The fraction of sp³-hybridized carbons (Fsp3) is 0.222. The van der Waals surface area contributed by atoms with E-state index in [-0.39, 0.29) is 6.54 Å². The Morgan fingerprint density at radius 1 is 1.53 bits per heavy atom. The average molecular weight is 208 g/mol. The Labute approximate surface area is 87.1 Å². The molecule has 1 aromatic rings. The first-order valence-electron chi connectivity index (χ1n) is 4.44. The zero-order valence-corrected chi connectivity index (χ0v) is 8.30. The Hall–Kier alpha value is -2.11. The van der Waals surface area contributed by atoms with Crippen molar-refractivity contribution in [1.82, 2.24) is 9.88 Å². The summed E-state index contributed by atoms with van der Waals surface area (Å²) in [4.78, 5) is 27.1. The maximum atomic E-state index is 11.5. The quantitative estimate of drug-likeness (QED) is 0.760. The van der Waals surface area contributed by atoms with Crippen LogP contribution in [0.4, 0.5) is 15.4 Å². The molecule has 1 aromatic heterocycles. The highest BCUT2D eigenvalue weighted by molar-refractivity contribution is 5.99. The first kappa shape index (κ1) is 11.0. The van der Waals surface area contributed by atoms with Crippen molar-refractivity contribution in [2.75, 3.05) is 11.9 Å². The normalized spacial score (nSPS) is 9.40. The van der Waals surface area contributed by atoms with Gasteiger partial charge in [-0.05, 0) is 19.1 Å². The van der Waals surface area contributed by atoms with Crippen molar-refractivity contribution < 1.29 is 9.59 Å². The van der Waals surface area contributed by atoms with Gasteiger partial charge in [0.1, 0.15) is 5.82 Å². The summed E-state index contributed by atoms with van der Waals surface area (Å²) >= 11 is 0. The fourth-order valence-electron chi connectivity index (χ4n) is 1.01. The minimum atomic E-state index is -0.786. The lowest BCUT2D eigenvalue weighted by Gasteiger charge is -2.16. The number of nitrogens with one attached hydrogen (secondary N) is 1. The number of amides is 4. The maximum Gasteiger partial charge on any atom is 0.331 e. The van der Waals surface area contributed by atoms with E-state index in [0.29, 0.717) is 5.82 Å². The number of hydrogen-bond donors (Lipinski definition) is 2. The Morgan fingerprint density at radius 2 is 2.27 bits per heavy atom. The Kier molecular flexibility index (Phi) is 3.61. The average Bonchev–Trinajstić information content (AvgIpc) is 2.19. The summed E-state index contributed by atoms with van der Waals surface area (Å²) in [6, 6.07) is 3.70. The Bertz CT molecular complexity index is 352. The van der Waals surface area contributed by atoms with Crippen LogP contribution in [-0.4, -0.2) is 28.5 Å². The number of urea groups is 2. The van der Waals surface area contributed by atoms with Gasteiger partial charge in [0, 0.05) is 12.7 Å². The smallest absolute Gasteiger partial charge is 0.331 e. The number of carbonyl (C=O) groups excluding carboxylic acids is 2. The Balaban J connectivity index is 2.66. The number of primary amides is 1. The lowest BCUT2D eigenvalue weighted by atomic mass is 10.4. The number of hydrogen-bond acceptors (Lipinski definition) is 3. The van der Waals surface area contributed by atoms with Crippen molar-refractivity contribution >= 4 is 17.9 Å². The largest absolute Gasteiger partial charge is 0.351 e. The number of aromatic nitrogens is 1. The van der Waals surface area contributed by atoms with Gasteiger partial charge in [0.25, 0.3) is 0 Å². The summed E-state index contributed by atoms with van der Waals surface area (Å²) in [7, 11) is 0. The lowest BCUT2D eigenvalue weighted by Crippen LogP contribution is -2.43. The van der Waals surface area contributed by atoms with Crippen LogP contribution in [0, 0.1) is 0 Å². The second kappa shape index (κ2) is 4.94. The second-order valence-corrected chi connectivity index (χ2v) is 2.73. The maximum absolute atomic E-state index is 11.5. The summed E-state index contributed by atoms with van der Waals surface area (Å²) in [5, 5.41) is 2.45. The molecular formula is C9H12N4O2. The number of nitrogens with zero attached hydrogens (tertiary/aromatic N) is 2. The van der Waals surface area contributed by atoms with Gasteiger partial charge >= 0.3 is 12.1 Å². The zero-order valence-electron chi connectivity index (χ0n) is 8.30. The number of imide groups is 1. The lowest BCUT2D eigenvalue weighted by molar-refractivity contribution is 0.202. The van der Waals surface area contributed by atoms with Crippen molar-refractivity contribution in [3.63, 3.8) is 0 Å². The van der Waals surface area contributed by atoms with E-state index in [1.165, 1.54) is 6.20 Å². The standard InChI is InChI=1S/C9H12N4O2/c1-2-13(8(10)14)9(15)12-7-5-3-4-6-11-7/h3-6H,2H2,1H3,(H2,10,14)(H,11,12,15). The molecule has 80 valence electrons. The van der Waals surface area contributed by atoms with Crippen molar-refractivity contribution in [2.45, 2.75) is 6.92 Å². The molecule has 0 spiro atoms. The summed E-state index contributed by atoms with van der Waals surface area (Å²) in [6.45, 7) is 1.87. The molecule has 4 amide bonds. The third kappa shape index (κ3) is 2.94. The van der Waals surface area contributed by atoms with Gasteiger partial charge in [-0.1, -0.05) is 6.07 Å². The van der Waals surface area contributed by atoms with E-state index in [9.17, 15) is 9.59 Å². The van der Waals surface area contributed by atoms with Gasteiger partial charge in [0.05, 0.1) is 0 Å². The van der Waals surface area contributed by atoms with Crippen LogP contribution in [0.25, 0.3) is 0 Å². The second-order valence-electron chi connectivity index (χ2n) is 2.73. The van der Waals surface area contributed by atoms with E-state index in [1.54, 1.807) is 25.1 Å². The Morgan fingerprint density at radius 3 is 2.73 bits per heavy atom. The molecule has 0 bridgehead atoms. The number of nitrogens with two attached hydrogens (primary N) is 1. The van der Waals surface area contributed by atoms with Crippen LogP contribution in [0.3, 0.4) is 0 Å². The van der Waals surface area contributed by atoms with Gasteiger partial charge in [0.2, 0.25) is 0 Å². The summed E-state index contributed by atoms with van der Waals surface area (Å²) in [5.41, 5.74) is 5.01. The van der Waals surface area contributed by atoms with Crippen LogP contribution >= 0.6 is 0 Å². The highest BCUT2D eigenvalue weighted by Crippen LogP contribution is 2.01. The van der Waals surface area contributed by atoms with Crippen LogP contribution in [0.1, 0.15) is 6.92 Å². The van der Waals surface area contributed by atoms with Gasteiger partial charge in [-0.15, -0.1) is 0 Å². The van der Waals surface area contributed by atoms with Gasteiger partial charge in [-0.3, -0.25) is 5.32 Å². The number of rotatable bonds is 2. The van der Waals surface area contributed by atoms with Crippen LogP contribution < -0.4 is 11.1 Å². The van der Waals surface area contributed by atoms with Gasteiger partial charge < -0.3 is 5.73 Å². The highest BCUT2D eigenvalue weighted by atomic mass is 16.2. The van der Waals surface area contributed by atoms with Crippen molar-refractivity contribution in [2.24, 2.45) is 5.73 Å². The molecule has 0 saturated carbocycles. The minimum absolute atomic E-state index is 0.216. The summed E-state index contributed by atoms with van der Waals surface area (Å²) < 4.78 is 0. The van der Waals surface area contributed by atoms with E-state index >= 15 is 0 Å². The van der Waals surface area contributed by atoms with E-state index < -0.39 is 12.1 Å². The first-order chi connectivity index (χ1) is 7.15. The molecule has 3 N–H and O–H groups in total. The molecule has 6 nitrogen and oxygen atoms in total. The number of anilines is 1. The molecule has 6 heteroatoms. The zero-order chi connectivity index (χ0) is 11.3. The van der Waals surface area contributed by atoms with Gasteiger partial charge in [-0.25, -0.2) is 19.5 Å². The molecule has 0 aliphatic heterocycles. The first-order valence-corrected chi connectivity index (χ1v) is 4.44. The third-order valence-electron chi connectivity index (χ3n) is 1.73. The molecule has 15 heavy (non-hydrogen) atoms. The molecular weight excluding hydrogens is 196 g/mol. The predicted octanol–water partition coefficient (Wildman–Crippen LogP) is 1.01. The molecule has 1 rings (SSSR count). The minimum Gasteiger partial charge on any atom is -0.351 e. The SMILES string of the molecule is CCN(C(N)=O)C(=O)Nc1ccccn1. The van der Waals surface area contributed by atoms with E-state index in [1.807, 2.05) is 0 Å².